The molecule has 1 aromatic rings. The second kappa shape index (κ2) is 4.37. The Balaban J connectivity index is 3.05. The highest BCUT2D eigenvalue weighted by molar-refractivity contribution is 14.1. The number of rotatable bonds is 2. The lowest BCUT2D eigenvalue weighted by Crippen LogP contribution is -2.11. The third-order valence-electron chi connectivity index (χ3n) is 1.54. The zero-order valence-corrected chi connectivity index (χ0v) is 10.5. The Morgan fingerprint density at radius 3 is 2.62 bits per heavy atom. The molecule has 0 saturated heterocycles. The molecule has 1 aromatic carbocycles. The molecule has 0 unspecified atom stereocenters. The molecule has 0 aromatic heterocycles. The molecule has 0 spiro atoms. The Hall–Kier alpha value is -0.160. The van der Waals surface area contributed by atoms with Gasteiger partial charge in [-0.05, 0) is 48.6 Å². The zero-order valence-electron chi connectivity index (χ0n) is 7.57. The number of nitrogens with two attached hydrogens (primary N) is 1. The molecule has 3 N–H and O–H groups in total. The molecule has 0 saturated carbocycles. The van der Waals surface area contributed by atoms with E-state index < -0.39 is 0 Å². The van der Waals surface area contributed by atoms with Crippen LogP contribution in [0.2, 0.25) is 5.02 Å². The summed E-state index contributed by atoms with van der Waals surface area (Å²) in [7, 11) is 0. The van der Waals surface area contributed by atoms with Gasteiger partial charge in [0.2, 0.25) is 0 Å². The number of halogens is 2. The molecule has 0 radical (unpaired) electrons. The topological polar surface area (TPSA) is 38.0 Å². The molecule has 4 heteroatoms. The summed E-state index contributed by atoms with van der Waals surface area (Å²) in [6, 6.07) is 4.20. The van der Waals surface area contributed by atoms with E-state index in [1.165, 1.54) is 0 Å². The van der Waals surface area contributed by atoms with Gasteiger partial charge in [0.15, 0.2) is 0 Å². The zero-order chi connectivity index (χ0) is 10.0. The molecule has 2 nitrogen and oxygen atoms in total. The molecular weight excluding hydrogens is 298 g/mol. The lowest BCUT2D eigenvalue weighted by molar-refractivity contribution is 0.900. The molecule has 13 heavy (non-hydrogen) atoms. The molecule has 0 atom stereocenters. The summed E-state index contributed by atoms with van der Waals surface area (Å²) in [5.41, 5.74) is 7.33. The Morgan fingerprint density at radius 2 is 2.08 bits per heavy atom. The molecule has 0 heterocycles. The molecular formula is C9H12ClIN2. The van der Waals surface area contributed by atoms with Crippen molar-refractivity contribution in [2.75, 3.05) is 11.1 Å². The fourth-order valence-corrected chi connectivity index (χ4v) is 2.04. The first-order chi connectivity index (χ1) is 6.00. The van der Waals surface area contributed by atoms with E-state index in [4.69, 9.17) is 17.3 Å². The van der Waals surface area contributed by atoms with Crippen LogP contribution in [0.1, 0.15) is 13.8 Å². The van der Waals surface area contributed by atoms with Crippen LogP contribution < -0.4 is 11.1 Å². The van der Waals surface area contributed by atoms with Crippen molar-refractivity contribution in [3.05, 3.63) is 20.7 Å². The maximum atomic E-state index is 5.93. The van der Waals surface area contributed by atoms with Gasteiger partial charge in [0.25, 0.3) is 0 Å². The molecule has 72 valence electrons. The van der Waals surface area contributed by atoms with E-state index in [0.717, 1.165) is 9.26 Å². The molecule has 1 rings (SSSR count). The average Bonchev–Trinajstić information content (AvgIpc) is 1.98. The van der Waals surface area contributed by atoms with E-state index in [2.05, 4.69) is 41.8 Å². The summed E-state index contributed by atoms with van der Waals surface area (Å²) < 4.78 is 1.08. The molecule has 0 bridgehead atoms. The van der Waals surface area contributed by atoms with Crippen LogP contribution in [-0.2, 0) is 0 Å². The third kappa shape index (κ3) is 2.91. The SMILES string of the molecule is CC(C)Nc1cc(I)cc(Cl)c1N. The Bertz CT molecular complexity index is 313. The lowest BCUT2D eigenvalue weighted by Gasteiger charge is -2.13. The Morgan fingerprint density at radius 1 is 1.46 bits per heavy atom. The number of hydrogen-bond acceptors (Lipinski definition) is 2. The largest absolute Gasteiger partial charge is 0.396 e. The average molecular weight is 311 g/mol. The van der Waals surface area contributed by atoms with Gasteiger partial charge in [0, 0.05) is 9.61 Å². The van der Waals surface area contributed by atoms with Crippen LogP contribution in [0.25, 0.3) is 0 Å². The molecule has 0 aliphatic rings. The lowest BCUT2D eigenvalue weighted by atomic mass is 10.2. The van der Waals surface area contributed by atoms with Crippen molar-refractivity contribution in [3.8, 4) is 0 Å². The van der Waals surface area contributed by atoms with Crippen LogP contribution in [0, 0.1) is 3.57 Å². The summed E-state index contributed by atoms with van der Waals surface area (Å²) in [5, 5.41) is 3.85. The van der Waals surface area contributed by atoms with Crippen LogP contribution in [0.15, 0.2) is 12.1 Å². The van der Waals surface area contributed by atoms with E-state index in [0.29, 0.717) is 16.8 Å². The van der Waals surface area contributed by atoms with Crippen molar-refractivity contribution in [1.29, 1.82) is 0 Å². The maximum absolute atomic E-state index is 5.93. The van der Waals surface area contributed by atoms with Gasteiger partial charge < -0.3 is 11.1 Å². The predicted molar refractivity (Wildman–Crippen MR) is 67.3 cm³/mol. The van der Waals surface area contributed by atoms with E-state index in [-0.39, 0.29) is 0 Å². The van der Waals surface area contributed by atoms with Gasteiger partial charge in [0.05, 0.1) is 16.4 Å². The van der Waals surface area contributed by atoms with Crippen LogP contribution >= 0.6 is 34.2 Å². The number of anilines is 2. The van der Waals surface area contributed by atoms with Crippen molar-refractivity contribution >= 4 is 45.6 Å². The smallest absolute Gasteiger partial charge is 0.0739 e. The van der Waals surface area contributed by atoms with Gasteiger partial charge >= 0.3 is 0 Å². The fraction of sp³-hybridized carbons (Fsp3) is 0.333. The third-order valence-corrected chi connectivity index (χ3v) is 2.47. The van der Waals surface area contributed by atoms with Crippen molar-refractivity contribution in [3.63, 3.8) is 0 Å². The normalized spacial score (nSPS) is 10.5. The van der Waals surface area contributed by atoms with Gasteiger partial charge in [0.1, 0.15) is 0 Å². The number of benzene rings is 1. The molecule has 0 aliphatic carbocycles. The van der Waals surface area contributed by atoms with Crippen LogP contribution in [0.5, 0.6) is 0 Å². The minimum atomic E-state index is 0.358. The molecule has 0 amide bonds. The number of hydrogen-bond donors (Lipinski definition) is 2. The monoisotopic (exact) mass is 310 g/mol. The van der Waals surface area contributed by atoms with Crippen LogP contribution in [0.3, 0.4) is 0 Å². The first-order valence-corrected chi connectivity index (χ1v) is 5.47. The maximum Gasteiger partial charge on any atom is 0.0739 e. The second-order valence-corrected chi connectivity index (χ2v) is 4.80. The number of nitrogen functional groups attached to an aromatic ring is 1. The second-order valence-electron chi connectivity index (χ2n) is 3.15. The predicted octanol–water partition coefficient (Wildman–Crippen LogP) is 3.35. The highest BCUT2D eigenvalue weighted by Crippen LogP contribution is 2.30. The van der Waals surface area contributed by atoms with Crippen LogP contribution in [-0.4, -0.2) is 6.04 Å². The van der Waals surface area contributed by atoms with Gasteiger partial charge in [-0.15, -0.1) is 0 Å². The van der Waals surface area contributed by atoms with Gasteiger partial charge in [-0.25, -0.2) is 0 Å². The Labute approximate surface area is 97.0 Å². The van der Waals surface area contributed by atoms with Gasteiger partial charge in [-0.3, -0.25) is 0 Å². The summed E-state index contributed by atoms with van der Waals surface area (Å²) in [6.07, 6.45) is 0. The van der Waals surface area contributed by atoms with E-state index >= 15 is 0 Å². The van der Waals surface area contributed by atoms with Gasteiger partial charge in [-0.1, -0.05) is 11.6 Å². The van der Waals surface area contributed by atoms with Gasteiger partial charge in [-0.2, -0.15) is 0 Å². The first kappa shape index (κ1) is 10.9. The summed E-state index contributed by atoms with van der Waals surface area (Å²) in [4.78, 5) is 0. The first-order valence-electron chi connectivity index (χ1n) is 4.01. The highest BCUT2D eigenvalue weighted by atomic mass is 127. The summed E-state index contributed by atoms with van der Waals surface area (Å²) in [5.74, 6) is 0. The standard InChI is InChI=1S/C9H12ClIN2/c1-5(2)13-8-4-6(11)3-7(10)9(8)12/h3-5,13H,12H2,1-2H3. The quantitative estimate of drug-likeness (QED) is 0.649. The molecule has 0 aliphatic heterocycles. The van der Waals surface area contributed by atoms with E-state index in [1.807, 2.05) is 12.1 Å². The van der Waals surface area contributed by atoms with E-state index in [9.17, 15) is 0 Å². The highest BCUT2D eigenvalue weighted by Gasteiger charge is 2.05. The van der Waals surface area contributed by atoms with Crippen molar-refractivity contribution in [2.45, 2.75) is 19.9 Å². The fourth-order valence-electron chi connectivity index (χ4n) is 1.02. The van der Waals surface area contributed by atoms with Crippen molar-refractivity contribution in [2.24, 2.45) is 0 Å². The minimum absolute atomic E-state index is 0.358. The molecule has 0 fully saturated rings. The van der Waals surface area contributed by atoms with Crippen LogP contribution in [0.4, 0.5) is 11.4 Å². The Kier molecular flexibility index (Phi) is 3.67. The van der Waals surface area contributed by atoms with Crippen molar-refractivity contribution < 1.29 is 0 Å². The van der Waals surface area contributed by atoms with Crippen molar-refractivity contribution in [1.82, 2.24) is 0 Å². The summed E-state index contributed by atoms with van der Waals surface area (Å²) >= 11 is 8.15. The van der Waals surface area contributed by atoms with E-state index in [1.54, 1.807) is 0 Å². The number of nitrogens with one attached hydrogen (secondary N) is 1. The minimum Gasteiger partial charge on any atom is -0.396 e. The summed E-state index contributed by atoms with van der Waals surface area (Å²) in [6.45, 7) is 4.13.